The van der Waals surface area contributed by atoms with Gasteiger partial charge in [0.2, 0.25) is 0 Å². The summed E-state index contributed by atoms with van der Waals surface area (Å²) in [5.41, 5.74) is 5.87. The molecule has 1 aromatic rings. The fourth-order valence-electron chi connectivity index (χ4n) is 7.74. The van der Waals surface area contributed by atoms with E-state index in [1.165, 1.54) is 24.1 Å². The highest BCUT2D eigenvalue weighted by atomic mass is 32.2. The van der Waals surface area contributed by atoms with Crippen LogP contribution in [-0.2, 0) is 0 Å². The number of hydrogen-bond acceptors (Lipinski definition) is 3. The number of nitrogens with one attached hydrogen (secondary N) is 2. The number of allylic oxidation sites excluding steroid dienone is 11. The van der Waals surface area contributed by atoms with Crippen molar-refractivity contribution < 1.29 is 0 Å². The first kappa shape index (κ1) is 21.9. The molecule has 2 nitrogen and oxygen atoms in total. The van der Waals surface area contributed by atoms with Crippen LogP contribution < -0.4 is 5.32 Å². The van der Waals surface area contributed by atoms with E-state index >= 15 is 0 Å². The summed E-state index contributed by atoms with van der Waals surface area (Å²) in [6, 6.07) is 4.32. The number of hydrogen-bond donors (Lipinski definition) is 2. The van der Waals surface area contributed by atoms with Gasteiger partial charge >= 0.3 is 0 Å². The molecule has 4 aliphatic carbocycles. The third kappa shape index (κ3) is 3.10. The molecule has 2 N–H and O–H groups in total. The van der Waals surface area contributed by atoms with Gasteiger partial charge in [-0.3, -0.25) is 0 Å². The third-order valence-electron chi connectivity index (χ3n) is 9.44. The lowest BCUT2D eigenvalue weighted by Crippen LogP contribution is -2.59. The first-order chi connectivity index (χ1) is 17.8. The Morgan fingerprint density at radius 1 is 0.833 bits per heavy atom. The summed E-state index contributed by atoms with van der Waals surface area (Å²) in [5.74, 6) is 2.17. The molecular formula is C32H32N2S2. The number of rotatable bonds is 2. The lowest BCUT2D eigenvalue weighted by Gasteiger charge is -2.62. The molecule has 4 heteroatoms. The summed E-state index contributed by atoms with van der Waals surface area (Å²) >= 11 is 4.34. The van der Waals surface area contributed by atoms with E-state index in [2.05, 4.69) is 119 Å². The quantitative estimate of drug-likeness (QED) is 0.458. The minimum absolute atomic E-state index is 0.0780. The van der Waals surface area contributed by atoms with E-state index in [-0.39, 0.29) is 5.41 Å². The van der Waals surface area contributed by atoms with Crippen LogP contribution >= 0.6 is 23.5 Å². The van der Waals surface area contributed by atoms with Crippen molar-refractivity contribution in [3.8, 4) is 0 Å². The van der Waals surface area contributed by atoms with Crippen molar-refractivity contribution >= 4 is 29.1 Å². The molecule has 4 heterocycles. The van der Waals surface area contributed by atoms with Gasteiger partial charge in [-0.25, -0.2) is 0 Å². The Morgan fingerprint density at radius 2 is 1.64 bits per heavy atom. The number of fused-ring (bicyclic) bond motifs is 8. The zero-order chi connectivity index (χ0) is 23.7. The Morgan fingerprint density at radius 3 is 2.47 bits per heavy atom. The van der Waals surface area contributed by atoms with E-state index in [0.717, 1.165) is 13.1 Å². The lowest BCUT2D eigenvalue weighted by atomic mass is 9.50. The zero-order valence-electron chi connectivity index (χ0n) is 20.3. The van der Waals surface area contributed by atoms with Crippen molar-refractivity contribution in [2.75, 3.05) is 13.1 Å². The normalized spacial score (nSPS) is 40.2. The molecule has 1 spiro atoms. The van der Waals surface area contributed by atoms with Gasteiger partial charge in [0.25, 0.3) is 0 Å². The number of aromatic nitrogens is 1. The Hall–Kier alpha value is -2.14. The first-order valence-corrected chi connectivity index (χ1v) is 15.4. The summed E-state index contributed by atoms with van der Waals surface area (Å²) in [6.07, 6.45) is 34.7. The number of H-pyrrole nitrogens is 1. The molecule has 3 aliphatic heterocycles. The second kappa shape index (κ2) is 8.44. The van der Waals surface area contributed by atoms with E-state index in [4.69, 9.17) is 0 Å². The van der Waals surface area contributed by atoms with Gasteiger partial charge in [0.1, 0.15) is 0 Å². The van der Waals surface area contributed by atoms with Crippen LogP contribution in [0.3, 0.4) is 0 Å². The second-order valence-corrected chi connectivity index (χ2v) is 13.7. The summed E-state index contributed by atoms with van der Waals surface area (Å²) in [7, 11) is 0. The molecule has 3 fully saturated rings. The molecule has 182 valence electrons. The van der Waals surface area contributed by atoms with E-state index in [0.29, 0.717) is 39.4 Å². The molecule has 0 amide bonds. The van der Waals surface area contributed by atoms with Crippen LogP contribution in [0.5, 0.6) is 0 Å². The van der Waals surface area contributed by atoms with Gasteiger partial charge in [-0.2, -0.15) is 0 Å². The Labute approximate surface area is 222 Å². The molecule has 0 aromatic carbocycles. The van der Waals surface area contributed by atoms with E-state index in [9.17, 15) is 0 Å². The molecule has 7 unspecified atom stereocenters. The lowest BCUT2D eigenvalue weighted by molar-refractivity contribution is 0.114. The van der Waals surface area contributed by atoms with Crippen LogP contribution in [0.1, 0.15) is 18.5 Å². The molecule has 3 saturated heterocycles. The molecule has 7 aliphatic rings. The van der Waals surface area contributed by atoms with Crippen molar-refractivity contribution in [1.29, 1.82) is 0 Å². The highest BCUT2D eigenvalue weighted by molar-refractivity contribution is 8.04. The maximum Gasteiger partial charge on any atom is 0.0450 e. The van der Waals surface area contributed by atoms with Gasteiger partial charge in [0, 0.05) is 74.7 Å². The third-order valence-corrected chi connectivity index (χ3v) is 12.3. The van der Waals surface area contributed by atoms with Gasteiger partial charge in [-0.1, -0.05) is 72.9 Å². The summed E-state index contributed by atoms with van der Waals surface area (Å²) < 4.78 is 0. The summed E-state index contributed by atoms with van der Waals surface area (Å²) in [5, 5.41) is 4.97. The highest BCUT2D eigenvalue weighted by Gasteiger charge is 2.62. The number of thioether (sulfide) groups is 2. The van der Waals surface area contributed by atoms with Crippen molar-refractivity contribution in [3.63, 3.8) is 0 Å². The maximum atomic E-state index is 3.49. The van der Waals surface area contributed by atoms with Gasteiger partial charge in [0.05, 0.1) is 0 Å². The predicted octanol–water partition coefficient (Wildman–Crippen LogP) is 6.85. The van der Waals surface area contributed by atoms with Gasteiger partial charge in [-0.15, -0.1) is 23.5 Å². The van der Waals surface area contributed by atoms with Crippen molar-refractivity contribution in [1.82, 2.24) is 10.3 Å². The minimum Gasteiger partial charge on any atom is -0.361 e. The molecular weight excluding hydrogens is 477 g/mol. The van der Waals surface area contributed by atoms with Crippen molar-refractivity contribution in [3.05, 3.63) is 113 Å². The van der Waals surface area contributed by atoms with Crippen LogP contribution in [0.25, 0.3) is 5.57 Å². The topological polar surface area (TPSA) is 27.8 Å². The van der Waals surface area contributed by atoms with E-state index < -0.39 is 0 Å². The fourth-order valence-corrected chi connectivity index (χ4v) is 11.1. The first-order valence-electron chi connectivity index (χ1n) is 13.5. The van der Waals surface area contributed by atoms with Gasteiger partial charge in [-0.05, 0) is 41.7 Å². The van der Waals surface area contributed by atoms with Gasteiger partial charge < -0.3 is 10.3 Å². The van der Waals surface area contributed by atoms with Crippen LogP contribution in [0.4, 0.5) is 0 Å². The maximum absolute atomic E-state index is 3.49. The zero-order valence-corrected chi connectivity index (χ0v) is 22.0. The van der Waals surface area contributed by atoms with Crippen molar-refractivity contribution in [2.24, 2.45) is 29.1 Å². The number of aromatic amines is 1. The Bertz CT molecular complexity index is 1320. The van der Waals surface area contributed by atoms with E-state index in [1.807, 2.05) is 6.20 Å². The van der Waals surface area contributed by atoms with Gasteiger partial charge in [0.15, 0.2) is 0 Å². The molecule has 8 rings (SSSR count). The molecule has 0 radical (unpaired) electrons. The highest BCUT2D eigenvalue weighted by Crippen LogP contribution is 2.69. The summed E-state index contributed by atoms with van der Waals surface area (Å²) in [6.45, 7) is 2.25. The van der Waals surface area contributed by atoms with E-state index in [1.54, 1.807) is 16.1 Å². The summed E-state index contributed by atoms with van der Waals surface area (Å²) in [4.78, 5) is 5.02. The average molecular weight is 509 g/mol. The fraction of sp³-hybridized carbons (Fsp3) is 0.375. The molecule has 36 heavy (non-hydrogen) atoms. The minimum atomic E-state index is 0.0780. The van der Waals surface area contributed by atoms with Crippen LogP contribution in [0.15, 0.2) is 107 Å². The smallest absolute Gasteiger partial charge is 0.0450 e. The largest absolute Gasteiger partial charge is 0.361 e. The molecule has 7 atom stereocenters. The second-order valence-electron chi connectivity index (χ2n) is 11.1. The monoisotopic (exact) mass is 508 g/mol. The molecule has 0 saturated carbocycles. The average Bonchev–Trinajstić information content (AvgIpc) is 3.42. The Balaban J connectivity index is 1.32. The van der Waals surface area contributed by atoms with Crippen LogP contribution in [0, 0.1) is 29.1 Å². The predicted molar refractivity (Wildman–Crippen MR) is 155 cm³/mol. The molecule has 0 bridgehead atoms. The molecule has 1 aromatic heterocycles. The SMILES string of the molecule is C1=CC2SC3=CCCC=C3C3(C2C=C1)C1C=CC(c2ccc[nH]2)=CC1SC1C=C(C2CNC2)C=CC13. The van der Waals surface area contributed by atoms with Crippen LogP contribution in [0.2, 0.25) is 0 Å². The Kier molecular flexibility index (Phi) is 5.13. The standard InChI is InChI=1S/C32H32N2S2/c1-3-9-28-23(6-1)32(24-7-2-4-10-29(24)35-28)25-13-11-20(22-18-33-19-22)16-30(25)36-31-17-21(12-14-26(31)32)27-8-5-15-34-27/h1,3,5-17,22-23,25-26,28,30-31,33-34H,2,4,18-19H2. The van der Waals surface area contributed by atoms with Crippen molar-refractivity contribution in [2.45, 2.75) is 28.6 Å². The van der Waals surface area contributed by atoms with Crippen LogP contribution in [-0.4, -0.2) is 33.8 Å².